The van der Waals surface area contributed by atoms with E-state index < -0.39 is 0 Å². The zero-order valence-electron chi connectivity index (χ0n) is 8.03. The van der Waals surface area contributed by atoms with E-state index in [0.717, 1.165) is 0 Å². The smallest absolute Gasteiger partial charge is 0.228 e. The molecule has 0 unspecified atom stereocenters. The summed E-state index contributed by atoms with van der Waals surface area (Å²) in [7, 11) is 1.74. The summed E-state index contributed by atoms with van der Waals surface area (Å²) in [5.74, 6) is 0.741. The van der Waals surface area contributed by atoms with Crippen molar-refractivity contribution in [3.05, 3.63) is 36.3 Å². The summed E-state index contributed by atoms with van der Waals surface area (Å²) in [6.07, 6.45) is 1.49. The zero-order valence-corrected chi connectivity index (χ0v) is 8.84. The summed E-state index contributed by atoms with van der Waals surface area (Å²) in [6, 6.07) is 6.12. The minimum absolute atomic E-state index is 0. The molecule has 80 valence electrons. The minimum atomic E-state index is -0.299. The average Bonchev–Trinajstić information content (AvgIpc) is 2.66. The van der Waals surface area contributed by atoms with Crippen LogP contribution in [-0.2, 0) is 0 Å². The Morgan fingerprint density at radius 3 is 2.80 bits per heavy atom. The number of benzene rings is 1. The van der Waals surface area contributed by atoms with Crippen LogP contribution in [0.25, 0.3) is 11.5 Å². The standard InChI is InChI=1S/C10H9FN2O.ClH/c1-12-9-6-14-10(13-9)7-3-2-4-8(11)5-7;/h2-6,12H,1H3;1H. The molecular weight excluding hydrogens is 219 g/mol. The van der Waals surface area contributed by atoms with Crippen molar-refractivity contribution in [2.24, 2.45) is 0 Å². The molecule has 2 rings (SSSR count). The largest absolute Gasteiger partial charge is 0.442 e. The number of anilines is 1. The third-order valence-corrected chi connectivity index (χ3v) is 1.83. The highest BCUT2D eigenvalue weighted by molar-refractivity contribution is 5.85. The van der Waals surface area contributed by atoms with Crippen molar-refractivity contribution in [3.8, 4) is 11.5 Å². The first-order valence-corrected chi connectivity index (χ1v) is 4.19. The van der Waals surface area contributed by atoms with Crippen LogP contribution in [0.5, 0.6) is 0 Å². The van der Waals surface area contributed by atoms with Gasteiger partial charge in [-0.2, -0.15) is 4.98 Å². The summed E-state index contributed by atoms with van der Waals surface area (Å²) in [5.41, 5.74) is 0.631. The van der Waals surface area contributed by atoms with Gasteiger partial charge in [-0.05, 0) is 18.2 Å². The number of oxazole rings is 1. The molecule has 0 atom stereocenters. The molecule has 15 heavy (non-hydrogen) atoms. The van der Waals surface area contributed by atoms with Crippen LogP contribution >= 0.6 is 12.4 Å². The van der Waals surface area contributed by atoms with E-state index in [1.165, 1.54) is 18.4 Å². The number of hydrogen-bond acceptors (Lipinski definition) is 3. The van der Waals surface area contributed by atoms with Gasteiger partial charge in [-0.1, -0.05) is 6.07 Å². The van der Waals surface area contributed by atoms with E-state index >= 15 is 0 Å². The lowest BCUT2D eigenvalue weighted by Gasteiger charge is -1.94. The van der Waals surface area contributed by atoms with Gasteiger partial charge in [0.05, 0.1) is 0 Å². The predicted molar refractivity (Wildman–Crippen MR) is 58.7 cm³/mol. The molecule has 0 radical (unpaired) electrons. The molecule has 0 saturated heterocycles. The van der Waals surface area contributed by atoms with Gasteiger partial charge in [0.25, 0.3) is 0 Å². The zero-order chi connectivity index (χ0) is 9.97. The van der Waals surface area contributed by atoms with Crippen molar-refractivity contribution in [1.82, 2.24) is 4.98 Å². The van der Waals surface area contributed by atoms with Gasteiger partial charge in [0.2, 0.25) is 5.89 Å². The highest BCUT2D eigenvalue weighted by atomic mass is 35.5. The molecule has 0 saturated carbocycles. The van der Waals surface area contributed by atoms with Crippen LogP contribution in [0.15, 0.2) is 34.9 Å². The van der Waals surface area contributed by atoms with Gasteiger partial charge >= 0.3 is 0 Å². The lowest BCUT2D eigenvalue weighted by molar-refractivity contribution is 0.573. The molecule has 0 aliphatic heterocycles. The minimum Gasteiger partial charge on any atom is -0.442 e. The van der Waals surface area contributed by atoms with Gasteiger partial charge in [-0.15, -0.1) is 12.4 Å². The second-order valence-electron chi connectivity index (χ2n) is 2.80. The molecule has 0 bridgehead atoms. The lowest BCUT2D eigenvalue weighted by atomic mass is 10.2. The molecule has 0 aliphatic carbocycles. The highest BCUT2D eigenvalue weighted by Crippen LogP contribution is 2.20. The SMILES string of the molecule is CNc1coc(-c2cccc(F)c2)n1.Cl. The van der Waals surface area contributed by atoms with E-state index in [4.69, 9.17) is 4.42 Å². The molecule has 0 aliphatic rings. The number of nitrogens with one attached hydrogen (secondary N) is 1. The first-order chi connectivity index (χ1) is 6.79. The Balaban J connectivity index is 0.00000112. The second-order valence-corrected chi connectivity index (χ2v) is 2.80. The van der Waals surface area contributed by atoms with Crippen LogP contribution in [0.3, 0.4) is 0 Å². The second kappa shape index (κ2) is 4.79. The normalized spacial score (nSPS) is 9.47. The van der Waals surface area contributed by atoms with E-state index in [2.05, 4.69) is 10.3 Å². The van der Waals surface area contributed by atoms with Crippen LogP contribution in [-0.4, -0.2) is 12.0 Å². The van der Waals surface area contributed by atoms with Crippen molar-refractivity contribution in [3.63, 3.8) is 0 Å². The summed E-state index contributed by atoms with van der Waals surface area (Å²) in [4.78, 5) is 4.10. The van der Waals surface area contributed by atoms with E-state index in [9.17, 15) is 4.39 Å². The Morgan fingerprint density at radius 1 is 1.40 bits per heavy atom. The molecule has 1 aromatic heterocycles. The Bertz CT molecular complexity index is 444. The molecule has 3 nitrogen and oxygen atoms in total. The number of halogens is 2. The van der Waals surface area contributed by atoms with Crippen molar-refractivity contribution >= 4 is 18.2 Å². The number of rotatable bonds is 2. The Labute approximate surface area is 92.7 Å². The van der Waals surface area contributed by atoms with E-state index in [1.807, 2.05) is 0 Å². The number of hydrogen-bond donors (Lipinski definition) is 1. The summed E-state index contributed by atoms with van der Waals surface area (Å²) >= 11 is 0. The lowest BCUT2D eigenvalue weighted by Crippen LogP contribution is -1.87. The average molecular weight is 229 g/mol. The number of nitrogens with zero attached hydrogens (tertiary/aromatic N) is 1. The van der Waals surface area contributed by atoms with Crippen molar-refractivity contribution in [2.45, 2.75) is 0 Å². The molecule has 0 spiro atoms. The molecule has 2 aromatic rings. The number of aromatic nitrogens is 1. The van der Waals surface area contributed by atoms with Gasteiger partial charge in [0.15, 0.2) is 5.82 Å². The molecule has 1 heterocycles. The maximum atomic E-state index is 12.9. The molecule has 0 amide bonds. The quantitative estimate of drug-likeness (QED) is 0.859. The molecular formula is C10H10ClFN2O. The summed E-state index contributed by atoms with van der Waals surface area (Å²) in [5, 5.41) is 2.83. The monoisotopic (exact) mass is 228 g/mol. The van der Waals surface area contributed by atoms with E-state index in [0.29, 0.717) is 17.3 Å². The van der Waals surface area contributed by atoms with Crippen molar-refractivity contribution in [2.75, 3.05) is 12.4 Å². The molecule has 1 aromatic carbocycles. The maximum Gasteiger partial charge on any atom is 0.228 e. The van der Waals surface area contributed by atoms with Gasteiger partial charge < -0.3 is 9.73 Å². The predicted octanol–water partition coefficient (Wildman–Crippen LogP) is 2.94. The molecule has 0 fully saturated rings. The van der Waals surface area contributed by atoms with Gasteiger partial charge in [0.1, 0.15) is 12.1 Å². The highest BCUT2D eigenvalue weighted by Gasteiger charge is 2.05. The molecule has 1 N–H and O–H groups in total. The summed E-state index contributed by atoms with van der Waals surface area (Å²) < 4.78 is 18.0. The van der Waals surface area contributed by atoms with Crippen LogP contribution in [0.4, 0.5) is 10.2 Å². The maximum absolute atomic E-state index is 12.9. The third kappa shape index (κ3) is 2.47. The fourth-order valence-electron chi connectivity index (χ4n) is 1.14. The van der Waals surface area contributed by atoms with Crippen molar-refractivity contribution in [1.29, 1.82) is 0 Å². The summed E-state index contributed by atoms with van der Waals surface area (Å²) in [6.45, 7) is 0. The van der Waals surface area contributed by atoms with Crippen molar-refractivity contribution < 1.29 is 8.81 Å². The van der Waals surface area contributed by atoms with Crippen LogP contribution < -0.4 is 5.32 Å². The van der Waals surface area contributed by atoms with E-state index in [1.54, 1.807) is 19.2 Å². The van der Waals surface area contributed by atoms with E-state index in [-0.39, 0.29) is 18.2 Å². The topological polar surface area (TPSA) is 38.1 Å². The van der Waals surface area contributed by atoms with Crippen LogP contribution in [0, 0.1) is 5.82 Å². The Morgan fingerprint density at radius 2 is 2.20 bits per heavy atom. The van der Waals surface area contributed by atoms with Gasteiger partial charge in [0, 0.05) is 12.6 Å². The Kier molecular flexibility index (Phi) is 3.68. The third-order valence-electron chi connectivity index (χ3n) is 1.83. The Hall–Kier alpha value is -1.55. The van der Waals surface area contributed by atoms with Gasteiger partial charge in [-0.3, -0.25) is 0 Å². The first-order valence-electron chi connectivity index (χ1n) is 4.19. The fourth-order valence-corrected chi connectivity index (χ4v) is 1.14. The first kappa shape index (κ1) is 11.5. The fraction of sp³-hybridized carbons (Fsp3) is 0.100. The molecule has 5 heteroatoms. The van der Waals surface area contributed by atoms with Crippen LogP contribution in [0.2, 0.25) is 0 Å². The van der Waals surface area contributed by atoms with Gasteiger partial charge in [-0.25, -0.2) is 4.39 Å². The van der Waals surface area contributed by atoms with Crippen LogP contribution in [0.1, 0.15) is 0 Å².